The molecular weight excluding hydrogens is 250 g/mol. The zero-order valence-corrected chi connectivity index (χ0v) is 11.9. The highest BCUT2D eigenvalue weighted by Crippen LogP contribution is 2.26. The third kappa shape index (κ3) is 3.70. The Bertz CT molecular complexity index is 444. The largest absolute Gasteiger partial charge is 0.388 e. The highest BCUT2D eigenvalue weighted by atomic mass is 16.3. The van der Waals surface area contributed by atoms with Crippen LogP contribution >= 0.6 is 0 Å². The van der Waals surface area contributed by atoms with Crippen LogP contribution in [0.2, 0.25) is 0 Å². The first-order valence-corrected chi connectivity index (χ1v) is 7.38. The van der Waals surface area contributed by atoms with E-state index in [1.54, 1.807) is 0 Å². The number of aliphatic hydroxyl groups excluding tert-OH is 1. The summed E-state index contributed by atoms with van der Waals surface area (Å²) in [7, 11) is 0. The fourth-order valence-corrected chi connectivity index (χ4v) is 2.90. The average molecular weight is 273 g/mol. The van der Waals surface area contributed by atoms with Gasteiger partial charge < -0.3 is 10.0 Å². The number of hydrogen-bond acceptors (Lipinski definition) is 2. The average Bonchev–Trinajstić information content (AvgIpc) is 2.73. The molecule has 1 aliphatic heterocycles. The molecule has 2 rings (SSSR count). The van der Waals surface area contributed by atoms with E-state index < -0.39 is 6.10 Å². The summed E-state index contributed by atoms with van der Waals surface area (Å²) in [6.07, 6.45) is 5.74. The molecule has 1 heterocycles. The second-order valence-corrected chi connectivity index (χ2v) is 5.40. The van der Waals surface area contributed by atoms with Crippen molar-refractivity contribution in [1.29, 1.82) is 0 Å². The standard InChI is InChI=1S/C17H23NO2/c1-2-17(20)18-12-8-4-7-11-15(18)13-16(19)14-9-5-3-6-10-14/h2-3,5-6,9-10,15-16,19H,1,4,7-8,11-13H2. The van der Waals surface area contributed by atoms with Crippen LogP contribution in [0.5, 0.6) is 0 Å². The van der Waals surface area contributed by atoms with Gasteiger partial charge >= 0.3 is 0 Å². The highest BCUT2D eigenvalue weighted by Gasteiger charge is 2.26. The number of nitrogens with zero attached hydrogens (tertiary/aromatic N) is 1. The van der Waals surface area contributed by atoms with Crippen LogP contribution in [0.4, 0.5) is 0 Å². The van der Waals surface area contributed by atoms with Gasteiger partial charge in [0, 0.05) is 12.6 Å². The summed E-state index contributed by atoms with van der Waals surface area (Å²) in [6, 6.07) is 9.77. The van der Waals surface area contributed by atoms with Crippen LogP contribution in [0, 0.1) is 0 Å². The van der Waals surface area contributed by atoms with Gasteiger partial charge in [-0.05, 0) is 30.9 Å². The third-order valence-corrected chi connectivity index (χ3v) is 4.01. The van der Waals surface area contributed by atoms with Gasteiger partial charge in [0.25, 0.3) is 0 Å². The van der Waals surface area contributed by atoms with Crippen LogP contribution in [0.1, 0.15) is 43.8 Å². The fourth-order valence-electron chi connectivity index (χ4n) is 2.90. The Kier molecular flexibility index (Phi) is 5.36. The Morgan fingerprint density at radius 1 is 1.35 bits per heavy atom. The molecule has 0 bridgehead atoms. The van der Waals surface area contributed by atoms with Gasteiger partial charge in [-0.3, -0.25) is 4.79 Å². The summed E-state index contributed by atoms with van der Waals surface area (Å²) in [6.45, 7) is 4.36. The van der Waals surface area contributed by atoms with E-state index in [9.17, 15) is 9.90 Å². The molecule has 1 N–H and O–H groups in total. The molecule has 2 unspecified atom stereocenters. The molecule has 3 nitrogen and oxygen atoms in total. The fraction of sp³-hybridized carbons (Fsp3) is 0.471. The topological polar surface area (TPSA) is 40.5 Å². The third-order valence-electron chi connectivity index (χ3n) is 4.01. The summed E-state index contributed by atoms with van der Waals surface area (Å²) in [5, 5.41) is 10.4. The van der Waals surface area contributed by atoms with Gasteiger partial charge in [0.15, 0.2) is 0 Å². The van der Waals surface area contributed by atoms with Gasteiger partial charge in [-0.2, -0.15) is 0 Å². The van der Waals surface area contributed by atoms with Crippen LogP contribution in [-0.2, 0) is 4.79 Å². The first-order valence-electron chi connectivity index (χ1n) is 7.38. The lowest BCUT2D eigenvalue weighted by Crippen LogP contribution is -2.39. The van der Waals surface area contributed by atoms with E-state index >= 15 is 0 Å². The minimum atomic E-state index is -0.514. The number of aliphatic hydroxyl groups is 1. The van der Waals surface area contributed by atoms with Crippen LogP contribution in [0.15, 0.2) is 43.0 Å². The second-order valence-electron chi connectivity index (χ2n) is 5.40. The van der Waals surface area contributed by atoms with Gasteiger partial charge in [-0.1, -0.05) is 49.8 Å². The predicted molar refractivity (Wildman–Crippen MR) is 80.2 cm³/mol. The first kappa shape index (κ1) is 14.8. The summed E-state index contributed by atoms with van der Waals surface area (Å²) >= 11 is 0. The van der Waals surface area contributed by atoms with E-state index in [-0.39, 0.29) is 11.9 Å². The number of rotatable bonds is 4. The van der Waals surface area contributed by atoms with Crippen molar-refractivity contribution in [3.8, 4) is 0 Å². The van der Waals surface area contributed by atoms with Crippen LogP contribution in [-0.4, -0.2) is 28.5 Å². The summed E-state index contributed by atoms with van der Waals surface area (Å²) < 4.78 is 0. The first-order chi connectivity index (χ1) is 9.72. The van der Waals surface area contributed by atoms with Gasteiger partial charge in [-0.25, -0.2) is 0 Å². The molecule has 1 fully saturated rings. The maximum absolute atomic E-state index is 12.0. The molecule has 20 heavy (non-hydrogen) atoms. The molecule has 3 heteroatoms. The Morgan fingerprint density at radius 2 is 2.10 bits per heavy atom. The van der Waals surface area contributed by atoms with Gasteiger partial charge in [0.2, 0.25) is 5.91 Å². The van der Waals surface area contributed by atoms with Gasteiger partial charge in [0.05, 0.1) is 6.10 Å². The Morgan fingerprint density at radius 3 is 2.80 bits per heavy atom. The maximum atomic E-state index is 12.0. The molecule has 0 saturated carbocycles. The molecule has 1 amide bonds. The molecule has 1 aromatic carbocycles. The minimum absolute atomic E-state index is 0.0165. The summed E-state index contributed by atoms with van der Waals surface area (Å²) in [5.41, 5.74) is 0.919. The molecule has 1 saturated heterocycles. The van der Waals surface area contributed by atoms with E-state index in [1.807, 2.05) is 35.2 Å². The number of likely N-dealkylation sites (tertiary alicyclic amines) is 1. The number of amides is 1. The lowest BCUT2D eigenvalue weighted by atomic mass is 9.98. The van der Waals surface area contributed by atoms with Crippen LogP contribution in [0.3, 0.4) is 0 Å². The Labute approximate surface area is 120 Å². The van der Waals surface area contributed by atoms with Crippen molar-refractivity contribution in [1.82, 2.24) is 4.90 Å². The van der Waals surface area contributed by atoms with E-state index in [2.05, 4.69) is 6.58 Å². The molecule has 0 spiro atoms. The van der Waals surface area contributed by atoms with Crippen LogP contribution in [0.25, 0.3) is 0 Å². The van der Waals surface area contributed by atoms with Crippen molar-refractivity contribution in [3.05, 3.63) is 48.6 Å². The number of benzene rings is 1. The minimum Gasteiger partial charge on any atom is -0.388 e. The molecule has 1 aliphatic rings. The molecule has 2 atom stereocenters. The smallest absolute Gasteiger partial charge is 0.246 e. The number of carbonyl (C=O) groups is 1. The van der Waals surface area contributed by atoms with Crippen molar-refractivity contribution in [2.45, 2.75) is 44.2 Å². The monoisotopic (exact) mass is 273 g/mol. The Balaban J connectivity index is 2.07. The molecular formula is C17H23NO2. The summed E-state index contributed by atoms with van der Waals surface area (Å²) in [5.74, 6) is -0.0165. The lowest BCUT2D eigenvalue weighted by Gasteiger charge is -2.30. The second kappa shape index (κ2) is 7.25. The SMILES string of the molecule is C=CC(=O)N1CCCCCC1CC(O)c1ccccc1. The van der Waals surface area contributed by atoms with Crippen molar-refractivity contribution >= 4 is 5.91 Å². The molecule has 1 aromatic rings. The zero-order chi connectivity index (χ0) is 14.4. The maximum Gasteiger partial charge on any atom is 0.246 e. The van der Waals surface area contributed by atoms with E-state index in [4.69, 9.17) is 0 Å². The molecule has 0 aliphatic carbocycles. The van der Waals surface area contributed by atoms with Gasteiger partial charge in [0.1, 0.15) is 0 Å². The number of hydrogen-bond donors (Lipinski definition) is 1. The zero-order valence-electron chi connectivity index (χ0n) is 11.9. The van der Waals surface area contributed by atoms with E-state index in [0.717, 1.165) is 37.8 Å². The molecule has 108 valence electrons. The molecule has 0 radical (unpaired) electrons. The number of carbonyl (C=O) groups excluding carboxylic acids is 1. The predicted octanol–water partition coefficient (Wildman–Crippen LogP) is 3.07. The molecule has 0 aromatic heterocycles. The highest BCUT2D eigenvalue weighted by molar-refractivity contribution is 5.87. The van der Waals surface area contributed by atoms with Crippen LogP contribution < -0.4 is 0 Å². The normalized spacial score (nSPS) is 21.1. The van der Waals surface area contributed by atoms with E-state index in [0.29, 0.717) is 6.42 Å². The quantitative estimate of drug-likeness (QED) is 0.856. The van der Waals surface area contributed by atoms with Crippen molar-refractivity contribution in [3.63, 3.8) is 0 Å². The lowest BCUT2D eigenvalue weighted by molar-refractivity contribution is -0.128. The van der Waals surface area contributed by atoms with Crippen molar-refractivity contribution in [2.75, 3.05) is 6.54 Å². The van der Waals surface area contributed by atoms with Gasteiger partial charge in [-0.15, -0.1) is 0 Å². The summed E-state index contributed by atoms with van der Waals surface area (Å²) in [4.78, 5) is 13.9. The Hall–Kier alpha value is -1.61. The van der Waals surface area contributed by atoms with E-state index in [1.165, 1.54) is 6.08 Å². The van der Waals surface area contributed by atoms with Crippen molar-refractivity contribution in [2.24, 2.45) is 0 Å². The van der Waals surface area contributed by atoms with Crippen molar-refractivity contribution < 1.29 is 9.90 Å².